The zero-order chi connectivity index (χ0) is 23.3. The van der Waals surface area contributed by atoms with Gasteiger partial charge in [0, 0.05) is 18.0 Å². The van der Waals surface area contributed by atoms with Crippen LogP contribution in [0.25, 0.3) is 0 Å². The fourth-order valence-corrected chi connectivity index (χ4v) is 4.45. The van der Waals surface area contributed by atoms with Crippen molar-refractivity contribution in [2.24, 2.45) is 0 Å². The molecule has 0 saturated carbocycles. The largest absolute Gasteiger partial charge is 0.465 e. The van der Waals surface area contributed by atoms with Gasteiger partial charge in [0.2, 0.25) is 11.8 Å². The van der Waals surface area contributed by atoms with Crippen molar-refractivity contribution in [1.82, 2.24) is 5.32 Å². The van der Waals surface area contributed by atoms with Gasteiger partial charge < -0.3 is 15.4 Å². The number of benzene rings is 2. The third kappa shape index (κ3) is 5.56. The highest BCUT2D eigenvalue weighted by Crippen LogP contribution is 2.36. The number of amides is 2. The van der Waals surface area contributed by atoms with Crippen molar-refractivity contribution in [2.45, 2.75) is 26.2 Å². The minimum absolute atomic E-state index is 0.0434. The Morgan fingerprint density at radius 2 is 1.84 bits per heavy atom. The van der Waals surface area contributed by atoms with Crippen molar-refractivity contribution < 1.29 is 19.1 Å². The monoisotopic (exact) mass is 449 g/mol. The molecular weight excluding hydrogens is 426 g/mol. The molecule has 1 heterocycles. The molecule has 8 heteroatoms. The summed E-state index contributed by atoms with van der Waals surface area (Å²) >= 11 is 1.12. The Morgan fingerprint density at radius 1 is 1.19 bits per heavy atom. The smallest absolute Gasteiger partial charge is 0.337 e. The number of ether oxygens (including phenoxy) is 1. The molecule has 0 aliphatic carbocycles. The van der Waals surface area contributed by atoms with E-state index >= 15 is 0 Å². The van der Waals surface area contributed by atoms with E-state index in [1.54, 1.807) is 24.3 Å². The van der Waals surface area contributed by atoms with Gasteiger partial charge in [0.15, 0.2) is 0 Å². The van der Waals surface area contributed by atoms with E-state index in [0.717, 1.165) is 28.5 Å². The average Bonchev–Trinajstić information content (AvgIpc) is 2.76. The highest BCUT2D eigenvalue weighted by molar-refractivity contribution is 8.03. The Morgan fingerprint density at radius 3 is 2.44 bits per heavy atom. The van der Waals surface area contributed by atoms with Gasteiger partial charge in [0.1, 0.15) is 0 Å². The van der Waals surface area contributed by atoms with Gasteiger partial charge in [0.25, 0.3) is 0 Å². The molecule has 2 aromatic carbocycles. The van der Waals surface area contributed by atoms with Crippen LogP contribution in [0.2, 0.25) is 0 Å². The normalized spacial score (nSPS) is 15.6. The number of rotatable bonds is 6. The molecule has 0 radical (unpaired) electrons. The number of esters is 1. The molecule has 2 amide bonds. The first-order valence-corrected chi connectivity index (χ1v) is 10.9. The van der Waals surface area contributed by atoms with E-state index in [0.29, 0.717) is 21.9 Å². The zero-order valence-corrected chi connectivity index (χ0v) is 18.8. The Balaban J connectivity index is 1.76. The fourth-order valence-electron chi connectivity index (χ4n) is 3.57. The van der Waals surface area contributed by atoms with Crippen LogP contribution in [0.4, 0.5) is 5.69 Å². The van der Waals surface area contributed by atoms with E-state index in [1.165, 1.54) is 7.11 Å². The number of thioether (sulfide) groups is 1. The van der Waals surface area contributed by atoms with Crippen molar-refractivity contribution >= 4 is 35.2 Å². The number of hydrogen-bond donors (Lipinski definition) is 2. The van der Waals surface area contributed by atoms with Gasteiger partial charge in [-0.3, -0.25) is 9.59 Å². The van der Waals surface area contributed by atoms with Crippen molar-refractivity contribution in [1.29, 1.82) is 5.26 Å². The molecule has 1 aliphatic rings. The van der Waals surface area contributed by atoms with Crippen molar-refractivity contribution in [3.05, 3.63) is 75.3 Å². The van der Waals surface area contributed by atoms with Gasteiger partial charge >= 0.3 is 5.97 Å². The molecule has 0 unspecified atom stereocenters. The van der Waals surface area contributed by atoms with Crippen LogP contribution in [0.15, 0.2) is 53.1 Å². The SMILES string of the molecule is COC(=O)c1ccc([C@@H]2CC(=O)NC(SCC(=O)Nc3cc(C)cc(C)c3)=C2C#N)cc1. The van der Waals surface area contributed by atoms with Crippen molar-refractivity contribution in [2.75, 3.05) is 18.2 Å². The molecule has 1 aliphatic heterocycles. The van der Waals surface area contributed by atoms with Crippen LogP contribution < -0.4 is 10.6 Å². The summed E-state index contributed by atoms with van der Waals surface area (Å²) in [5.74, 6) is -1.33. The summed E-state index contributed by atoms with van der Waals surface area (Å²) in [6.45, 7) is 3.91. The first-order chi connectivity index (χ1) is 15.3. The summed E-state index contributed by atoms with van der Waals surface area (Å²) in [5.41, 5.74) is 4.31. The van der Waals surface area contributed by atoms with E-state index in [9.17, 15) is 19.6 Å². The standard InChI is InChI=1S/C24H23N3O4S/c1-14-8-15(2)10-18(9-14)26-22(29)13-32-23-20(12-25)19(11-21(28)27-23)16-4-6-17(7-5-16)24(30)31-3/h4-10,19H,11,13H2,1-3H3,(H,26,29)(H,27,28)/t19-/m0/s1. The number of allylic oxidation sites excluding steroid dienone is 1. The highest BCUT2D eigenvalue weighted by atomic mass is 32.2. The molecule has 1 atom stereocenters. The summed E-state index contributed by atoms with van der Waals surface area (Å²) in [6, 6.07) is 14.6. The van der Waals surface area contributed by atoms with E-state index in [-0.39, 0.29) is 24.0 Å². The van der Waals surface area contributed by atoms with Crippen LogP contribution in [0.1, 0.15) is 39.4 Å². The minimum Gasteiger partial charge on any atom is -0.465 e. The van der Waals surface area contributed by atoms with Crippen molar-refractivity contribution in [3.8, 4) is 6.07 Å². The van der Waals surface area contributed by atoms with E-state index in [1.807, 2.05) is 32.0 Å². The molecule has 2 N–H and O–H groups in total. The van der Waals surface area contributed by atoms with Crippen LogP contribution in [0.3, 0.4) is 0 Å². The molecule has 32 heavy (non-hydrogen) atoms. The summed E-state index contributed by atoms with van der Waals surface area (Å²) in [4.78, 5) is 36.4. The van der Waals surface area contributed by atoms with Gasteiger partial charge in [-0.2, -0.15) is 5.26 Å². The summed E-state index contributed by atoms with van der Waals surface area (Å²) in [6.07, 6.45) is 0.110. The predicted octanol–water partition coefficient (Wildman–Crippen LogP) is 3.80. The number of hydrogen-bond acceptors (Lipinski definition) is 6. The maximum Gasteiger partial charge on any atom is 0.337 e. The lowest BCUT2D eigenvalue weighted by molar-refractivity contribution is -0.121. The average molecular weight is 450 g/mol. The first-order valence-electron chi connectivity index (χ1n) is 9.94. The lowest BCUT2D eigenvalue weighted by Crippen LogP contribution is -2.31. The van der Waals surface area contributed by atoms with Crippen LogP contribution in [-0.2, 0) is 14.3 Å². The highest BCUT2D eigenvalue weighted by Gasteiger charge is 2.30. The van der Waals surface area contributed by atoms with Crippen LogP contribution in [0.5, 0.6) is 0 Å². The van der Waals surface area contributed by atoms with Crippen LogP contribution in [0, 0.1) is 25.2 Å². The van der Waals surface area contributed by atoms with Gasteiger partial charge in [-0.1, -0.05) is 30.0 Å². The fraction of sp³-hybridized carbons (Fsp3) is 0.250. The number of carbonyl (C=O) groups excluding carboxylic acids is 3. The van der Waals surface area contributed by atoms with Gasteiger partial charge in [-0.15, -0.1) is 0 Å². The number of nitriles is 1. The van der Waals surface area contributed by atoms with E-state index < -0.39 is 11.9 Å². The quantitative estimate of drug-likeness (QED) is 0.650. The maximum atomic E-state index is 12.4. The predicted molar refractivity (Wildman–Crippen MR) is 123 cm³/mol. The van der Waals surface area contributed by atoms with E-state index in [4.69, 9.17) is 4.74 Å². The molecular formula is C24H23N3O4S. The van der Waals surface area contributed by atoms with Gasteiger partial charge in [-0.05, 0) is 54.8 Å². The molecule has 164 valence electrons. The third-order valence-corrected chi connectivity index (χ3v) is 5.96. The molecule has 7 nitrogen and oxygen atoms in total. The lowest BCUT2D eigenvalue weighted by Gasteiger charge is -2.25. The summed E-state index contributed by atoms with van der Waals surface area (Å²) in [7, 11) is 1.30. The number of nitrogens with one attached hydrogen (secondary N) is 2. The summed E-state index contributed by atoms with van der Waals surface area (Å²) in [5, 5.41) is 15.7. The number of nitrogens with zero attached hydrogens (tertiary/aromatic N) is 1. The van der Waals surface area contributed by atoms with Crippen molar-refractivity contribution in [3.63, 3.8) is 0 Å². The molecule has 3 rings (SSSR count). The first kappa shape index (κ1) is 23.1. The Hall–Kier alpha value is -3.57. The Labute approximate surface area is 190 Å². The molecule has 0 spiro atoms. The van der Waals surface area contributed by atoms with Crippen LogP contribution in [-0.4, -0.2) is 30.6 Å². The Kier molecular flexibility index (Phi) is 7.33. The number of methoxy groups -OCH3 is 1. The second kappa shape index (κ2) is 10.2. The third-order valence-electron chi connectivity index (χ3n) is 4.94. The van der Waals surface area contributed by atoms with Gasteiger partial charge in [0.05, 0.1) is 35.1 Å². The molecule has 0 bridgehead atoms. The molecule has 0 aromatic heterocycles. The number of aryl methyl sites for hydroxylation is 2. The Bertz CT molecular complexity index is 1110. The maximum absolute atomic E-state index is 12.4. The number of anilines is 1. The van der Waals surface area contributed by atoms with Crippen LogP contribution >= 0.6 is 11.8 Å². The lowest BCUT2D eigenvalue weighted by atomic mass is 9.87. The molecule has 2 aromatic rings. The zero-order valence-electron chi connectivity index (χ0n) is 18.0. The summed E-state index contributed by atoms with van der Waals surface area (Å²) < 4.78 is 4.70. The van der Waals surface area contributed by atoms with E-state index in [2.05, 4.69) is 16.7 Å². The molecule has 0 fully saturated rings. The van der Waals surface area contributed by atoms with Gasteiger partial charge in [-0.25, -0.2) is 4.79 Å². The molecule has 0 saturated heterocycles. The number of carbonyl (C=O) groups is 3. The second-order valence-corrected chi connectivity index (χ2v) is 8.47. The topological polar surface area (TPSA) is 108 Å². The second-order valence-electron chi connectivity index (χ2n) is 7.49. The minimum atomic E-state index is -0.458.